The molecule has 0 aliphatic rings. The number of aliphatic hydroxyl groups is 1. The summed E-state index contributed by atoms with van der Waals surface area (Å²) in [7, 11) is 0. The SMILES string of the molecule is CCn1cc(O)c(=O)cc1CN(CCO)Cc1ccccc1. The Bertz CT molecular complexity index is 653. The molecule has 1 aromatic heterocycles. The predicted octanol–water partition coefficient (Wildman–Crippen LogP) is 1.57. The van der Waals surface area contributed by atoms with Crippen LogP contribution < -0.4 is 5.43 Å². The van der Waals surface area contributed by atoms with Gasteiger partial charge < -0.3 is 14.8 Å². The number of nitrogens with zero attached hydrogens (tertiary/aromatic N) is 2. The van der Waals surface area contributed by atoms with Crippen LogP contribution >= 0.6 is 0 Å². The van der Waals surface area contributed by atoms with Crippen molar-refractivity contribution in [2.75, 3.05) is 13.2 Å². The first-order valence-electron chi connectivity index (χ1n) is 7.43. The van der Waals surface area contributed by atoms with Crippen LogP contribution in [0, 0.1) is 0 Å². The Morgan fingerprint density at radius 1 is 1.18 bits per heavy atom. The summed E-state index contributed by atoms with van der Waals surface area (Å²) < 4.78 is 1.85. The van der Waals surface area contributed by atoms with Crippen LogP contribution in [0.4, 0.5) is 0 Å². The number of aryl methyl sites for hydroxylation is 1. The van der Waals surface area contributed by atoms with Crippen molar-refractivity contribution in [1.29, 1.82) is 0 Å². The predicted molar refractivity (Wildman–Crippen MR) is 85.7 cm³/mol. The van der Waals surface area contributed by atoms with Crippen molar-refractivity contribution in [1.82, 2.24) is 9.47 Å². The largest absolute Gasteiger partial charge is 0.503 e. The van der Waals surface area contributed by atoms with E-state index in [-0.39, 0.29) is 17.8 Å². The zero-order valence-corrected chi connectivity index (χ0v) is 12.8. The molecule has 0 unspecified atom stereocenters. The molecule has 5 nitrogen and oxygen atoms in total. The van der Waals surface area contributed by atoms with E-state index >= 15 is 0 Å². The number of aromatic nitrogens is 1. The van der Waals surface area contributed by atoms with Gasteiger partial charge >= 0.3 is 0 Å². The molecule has 2 aromatic rings. The summed E-state index contributed by atoms with van der Waals surface area (Å²) >= 11 is 0. The van der Waals surface area contributed by atoms with Crippen LogP contribution in [0.2, 0.25) is 0 Å². The van der Waals surface area contributed by atoms with Gasteiger partial charge in [-0.3, -0.25) is 9.69 Å². The monoisotopic (exact) mass is 302 g/mol. The van der Waals surface area contributed by atoms with Crippen LogP contribution in [-0.2, 0) is 19.6 Å². The molecule has 1 aromatic carbocycles. The second-order valence-electron chi connectivity index (χ2n) is 5.22. The Labute approximate surface area is 130 Å². The lowest BCUT2D eigenvalue weighted by atomic mass is 10.2. The normalized spacial score (nSPS) is 11.0. The quantitative estimate of drug-likeness (QED) is 0.815. The van der Waals surface area contributed by atoms with E-state index in [4.69, 9.17) is 0 Å². The van der Waals surface area contributed by atoms with E-state index in [1.54, 1.807) is 0 Å². The van der Waals surface area contributed by atoms with Crippen LogP contribution in [-0.4, -0.2) is 32.8 Å². The van der Waals surface area contributed by atoms with Crippen molar-refractivity contribution in [3.63, 3.8) is 0 Å². The van der Waals surface area contributed by atoms with E-state index < -0.39 is 0 Å². The molecular formula is C17H22N2O3. The third kappa shape index (κ3) is 4.19. The van der Waals surface area contributed by atoms with Gasteiger partial charge in [-0.25, -0.2) is 0 Å². The average Bonchev–Trinajstić information content (AvgIpc) is 2.52. The van der Waals surface area contributed by atoms with Gasteiger partial charge in [-0.1, -0.05) is 30.3 Å². The molecule has 0 bridgehead atoms. The zero-order valence-electron chi connectivity index (χ0n) is 12.8. The molecule has 0 aliphatic heterocycles. The molecule has 0 amide bonds. The topological polar surface area (TPSA) is 65.7 Å². The minimum Gasteiger partial charge on any atom is -0.503 e. The van der Waals surface area contributed by atoms with E-state index in [2.05, 4.69) is 4.90 Å². The van der Waals surface area contributed by atoms with Gasteiger partial charge in [0.05, 0.1) is 12.8 Å². The summed E-state index contributed by atoms with van der Waals surface area (Å²) in [5.74, 6) is -0.234. The van der Waals surface area contributed by atoms with Crippen LogP contribution in [0.15, 0.2) is 47.4 Å². The molecule has 0 aliphatic carbocycles. The molecule has 0 fully saturated rings. The summed E-state index contributed by atoms with van der Waals surface area (Å²) in [4.78, 5) is 13.8. The Morgan fingerprint density at radius 3 is 2.55 bits per heavy atom. The molecule has 0 saturated heterocycles. The molecule has 5 heteroatoms. The highest BCUT2D eigenvalue weighted by atomic mass is 16.3. The first-order valence-corrected chi connectivity index (χ1v) is 7.43. The summed E-state index contributed by atoms with van der Waals surface area (Å²) in [5, 5.41) is 18.8. The molecule has 2 N–H and O–H groups in total. The van der Waals surface area contributed by atoms with Gasteiger partial charge in [0.2, 0.25) is 5.43 Å². The van der Waals surface area contributed by atoms with E-state index in [9.17, 15) is 15.0 Å². The minimum atomic E-state index is -0.372. The Hall–Kier alpha value is -2.11. The van der Waals surface area contributed by atoms with E-state index in [0.717, 1.165) is 11.3 Å². The molecular weight excluding hydrogens is 280 g/mol. The smallest absolute Gasteiger partial charge is 0.223 e. The maximum Gasteiger partial charge on any atom is 0.223 e. The van der Waals surface area contributed by atoms with Gasteiger partial charge in [-0.15, -0.1) is 0 Å². The molecule has 2 rings (SSSR count). The van der Waals surface area contributed by atoms with Crippen molar-refractivity contribution in [3.05, 3.63) is 64.1 Å². The summed E-state index contributed by atoms with van der Waals surface area (Å²) in [6.07, 6.45) is 1.47. The van der Waals surface area contributed by atoms with Gasteiger partial charge in [-0.2, -0.15) is 0 Å². The third-order valence-corrected chi connectivity index (χ3v) is 3.59. The summed E-state index contributed by atoms with van der Waals surface area (Å²) in [6, 6.07) is 11.5. The minimum absolute atomic E-state index is 0.0568. The molecule has 1 heterocycles. The van der Waals surface area contributed by atoms with E-state index in [1.807, 2.05) is 41.8 Å². The lowest BCUT2D eigenvalue weighted by Crippen LogP contribution is -2.28. The number of rotatable bonds is 7. The molecule has 0 radical (unpaired) electrons. The zero-order chi connectivity index (χ0) is 15.9. The van der Waals surface area contributed by atoms with Crippen molar-refractivity contribution >= 4 is 0 Å². The molecule has 0 saturated carbocycles. The number of hydrogen-bond acceptors (Lipinski definition) is 4. The lowest BCUT2D eigenvalue weighted by Gasteiger charge is -2.23. The van der Waals surface area contributed by atoms with Gasteiger partial charge in [0.25, 0.3) is 0 Å². The number of hydrogen-bond donors (Lipinski definition) is 2. The molecule has 0 spiro atoms. The van der Waals surface area contributed by atoms with Crippen LogP contribution in [0.5, 0.6) is 5.75 Å². The first-order chi connectivity index (χ1) is 10.6. The van der Waals surface area contributed by atoms with Gasteiger partial charge in [0.15, 0.2) is 5.75 Å². The number of benzene rings is 1. The fraction of sp³-hybridized carbons (Fsp3) is 0.353. The second-order valence-corrected chi connectivity index (χ2v) is 5.22. The maximum atomic E-state index is 11.7. The second kappa shape index (κ2) is 7.77. The Morgan fingerprint density at radius 2 is 1.91 bits per heavy atom. The standard InChI is InChI=1S/C17H22N2O3/c1-2-19-13-17(22)16(21)10-15(19)12-18(8-9-20)11-14-6-4-3-5-7-14/h3-7,10,13,20,22H,2,8-9,11-12H2,1H3. The van der Waals surface area contributed by atoms with Crippen molar-refractivity contribution in [3.8, 4) is 5.75 Å². The van der Waals surface area contributed by atoms with Crippen LogP contribution in [0.25, 0.3) is 0 Å². The highest BCUT2D eigenvalue weighted by Crippen LogP contribution is 2.11. The maximum absolute atomic E-state index is 11.7. The van der Waals surface area contributed by atoms with Crippen molar-refractivity contribution in [2.45, 2.75) is 26.6 Å². The summed E-state index contributed by atoms with van der Waals surface area (Å²) in [6.45, 7) is 4.44. The van der Waals surface area contributed by atoms with Gasteiger partial charge in [0, 0.05) is 37.9 Å². The highest BCUT2D eigenvalue weighted by Gasteiger charge is 2.11. The Balaban J connectivity index is 2.20. The van der Waals surface area contributed by atoms with Crippen molar-refractivity contribution in [2.24, 2.45) is 0 Å². The van der Waals surface area contributed by atoms with Crippen LogP contribution in [0.1, 0.15) is 18.2 Å². The fourth-order valence-electron chi connectivity index (χ4n) is 2.46. The highest BCUT2D eigenvalue weighted by molar-refractivity contribution is 5.21. The van der Waals surface area contributed by atoms with E-state index in [1.165, 1.54) is 12.3 Å². The molecule has 118 valence electrons. The number of aliphatic hydroxyl groups excluding tert-OH is 1. The Kier molecular flexibility index (Phi) is 5.75. The lowest BCUT2D eigenvalue weighted by molar-refractivity contribution is 0.181. The number of pyridine rings is 1. The van der Waals surface area contributed by atoms with Crippen molar-refractivity contribution < 1.29 is 10.2 Å². The van der Waals surface area contributed by atoms with E-state index in [0.29, 0.717) is 26.2 Å². The molecule has 0 atom stereocenters. The third-order valence-electron chi connectivity index (χ3n) is 3.59. The van der Waals surface area contributed by atoms with Gasteiger partial charge in [0.1, 0.15) is 0 Å². The van der Waals surface area contributed by atoms with Crippen LogP contribution in [0.3, 0.4) is 0 Å². The van der Waals surface area contributed by atoms with Gasteiger partial charge in [-0.05, 0) is 12.5 Å². The average molecular weight is 302 g/mol. The molecule has 22 heavy (non-hydrogen) atoms. The first kappa shape index (κ1) is 16.3. The fourth-order valence-corrected chi connectivity index (χ4v) is 2.46. The summed E-state index contributed by atoms with van der Waals surface area (Å²) in [5.41, 5.74) is 1.61. The number of aromatic hydroxyl groups is 1.